The Morgan fingerprint density at radius 1 is 1.35 bits per heavy atom. The van der Waals surface area contributed by atoms with Gasteiger partial charge in [-0.3, -0.25) is 9.36 Å². The van der Waals surface area contributed by atoms with Crippen LogP contribution in [0.15, 0.2) is 38.3 Å². The molecule has 2 aromatic heterocycles. The standard InChI is InChI=1S/C14H12BrN3O2/c1-8-12(9(2)20-17-8)6-18-7-16-13-5-10(15)3-4-11(13)14(18)19/h3-5,7H,6H2,1-2H3. The molecule has 0 aliphatic rings. The van der Waals surface area contributed by atoms with E-state index in [1.54, 1.807) is 17.0 Å². The topological polar surface area (TPSA) is 60.9 Å². The van der Waals surface area contributed by atoms with E-state index in [1.807, 2.05) is 26.0 Å². The molecule has 3 aromatic rings. The van der Waals surface area contributed by atoms with Gasteiger partial charge >= 0.3 is 0 Å². The van der Waals surface area contributed by atoms with E-state index in [-0.39, 0.29) is 5.56 Å². The predicted molar refractivity (Wildman–Crippen MR) is 78.8 cm³/mol. The molecule has 0 spiro atoms. The zero-order chi connectivity index (χ0) is 14.3. The summed E-state index contributed by atoms with van der Waals surface area (Å²) in [6, 6.07) is 5.45. The van der Waals surface area contributed by atoms with E-state index < -0.39 is 0 Å². The third-order valence-electron chi connectivity index (χ3n) is 3.30. The average Bonchev–Trinajstić information content (AvgIpc) is 2.73. The molecular formula is C14H12BrN3O2. The molecule has 0 atom stereocenters. The lowest BCUT2D eigenvalue weighted by molar-refractivity contribution is 0.392. The number of aromatic nitrogens is 3. The number of aryl methyl sites for hydroxylation is 2. The van der Waals surface area contributed by atoms with Gasteiger partial charge in [-0.05, 0) is 32.0 Å². The smallest absolute Gasteiger partial charge is 0.261 e. The van der Waals surface area contributed by atoms with Crippen molar-refractivity contribution in [1.29, 1.82) is 0 Å². The van der Waals surface area contributed by atoms with Gasteiger partial charge in [-0.1, -0.05) is 21.1 Å². The molecule has 102 valence electrons. The van der Waals surface area contributed by atoms with Gasteiger partial charge in [0.05, 0.1) is 29.5 Å². The lowest BCUT2D eigenvalue weighted by Gasteiger charge is -2.06. The summed E-state index contributed by atoms with van der Waals surface area (Å²) < 4.78 is 7.59. The molecule has 0 amide bonds. The molecule has 0 saturated carbocycles. The number of benzene rings is 1. The van der Waals surface area contributed by atoms with Gasteiger partial charge in [0, 0.05) is 10.0 Å². The fraction of sp³-hybridized carbons (Fsp3) is 0.214. The molecule has 2 heterocycles. The van der Waals surface area contributed by atoms with Gasteiger partial charge in [0.15, 0.2) is 0 Å². The summed E-state index contributed by atoms with van der Waals surface area (Å²) in [4.78, 5) is 16.8. The number of fused-ring (bicyclic) bond motifs is 1. The van der Waals surface area contributed by atoms with Crippen LogP contribution in [0.3, 0.4) is 0 Å². The normalized spacial score (nSPS) is 11.2. The van der Waals surface area contributed by atoms with Gasteiger partial charge in [-0.2, -0.15) is 0 Å². The van der Waals surface area contributed by atoms with Crippen molar-refractivity contribution in [2.24, 2.45) is 0 Å². The first kappa shape index (κ1) is 13.1. The van der Waals surface area contributed by atoms with E-state index in [4.69, 9.17) is 4.52 Å². The van der Waals surface area contributed by atoms with Crippen LogP contribution in [-0.2, 0) is 6.54 Å². The highest BCUT2D eigenvalue weighted by atomic mass is 79.9. The Morgan fingerprint density at radius 3 is 2.85 bits per heavy atom. The predicted octanol–water partition coefficient (Wildman–Crippen LogP) is 2.81. The van der Waals surface area contributed by atoms with Crippen LogP contribution in [0.4, 0.5) is 0 Å². The van der Waals surface area contributed by atoms with Crippen LogP contribution in [0.5, 0.6) is 0 Å². The number of halogens is 1. The molecule has 0 bridgehead atoms. The molecule has 0 unspecified atom stereocenters. The summed E-state index contributed by atoms with van der Waals surface area (Å²) in [6.45, 7) is 4.12. The van der Waals surface area contributed by atoms with Gasteiger partial charge < -0.3 is 4.52 Å². The zero-order valence-corrected chi connectivity index (χ0v) is 12.6. The largest absolute Gasteiger partial charge is 0.361 e. The summed E-state index contributed by atoms with van der Waals surface area (Å²) >= 11 is 3.37. The number of hydrogen-bond acceptors (Lipinski definition) is 4. The molecule has 0 aliphatic carbocycles. The Morgan fingerprint density at radius 2 is 2.15 bits per heavy atom. The highest BCUT2D eigenvalue weighted by Crippen LogP contribution is 2.16. The summed E-state index contributed by atoms with van der Waals surface area (Å²) in [5, 5.41) is 4.50. The van der Waals surface area contributed by atoms with Gasteiger partial charge in [0.2, 0.25) is 0 Å². The second-order valence-electron chi connectivity index (χ2n) is 4.64. The van der Waals surface area contributed by atoms with Crippen LogP contribution >= 0.6 is 15.9 Å². The van der Waals surface area contributed by atoms with Crippen LogP contribution in [0.2, 0.25) is 0 Å². The van der Waals surface area contributed by atoms with Crippen LogP contribution in [0.25, 0.3) is 10.9 Å². The average molecular weight is 334 g/mol. The molecule has 0 radical (unpaired) electrons. The minimum atomic E-state index is -0.0671. The zero-order valence-electron chi connectivity index (χ0n) is 11.1. The van der Waals surface area contributed by atoms with E-state index in [0.29, 0.717) is 17.4 Å². The van der Waals surface area contributed by atoms with E-state index in [0.717, 1.165) is 21.5 Å². The Balaban J connectivity index is 2.12. The Hall–Kier alpha value is -1.95. The second-order valence-corrected chi connectivity index (χ2v) is 5.56. The van der Waals surface area contributed by atoms with Gasteiger partial charge in [-0.25, -0.2) is 4.98 Å². The van der Waals surface area contributed by atoms with Crippen molar-refractivity contribution in [2.75, 3.05) is 0 Å². The Bertz CT molecular complexity index is 832. The SMILES string of the molecule is Cc1noc(C)c1Cn1cnc2cc(Br)ccc2c1=O. The summed E-state index contributed by atoms with van der Waals surface area (Å²) in [5.41, 5.74) is 2.33. The van der Waals surface area contributed by atoms with Gasteiger partial charge in [-0.15, -0.1) is 0 Å². The number of hydrogen-bond donors (Lipinski definition) is 0. The van der Waals surface area contributed by atoms with Crippen molar-refractivity contribution in [3.05, 3.63) is 56.4 Å². The molecule has 0 aliphatic heterocycles. The summed E-state index contributed by atoms with van der Waals surface area (Å²) in [5.74, 6) is 0.727. The maximum atomic E-state index is 12.4. The maximum Gasteiger partial charge on any atom is 0.261 e. The minimum Gasteiger partial charge on any atom is -0.361 e. The Labute approximate surface area is 123 Å². The molecule has 0 fully saturated rings. The Kier molecular flexibility index (Phi) is 3.17. The van der Waals surface area contributed by atoms with E-state index in [9.17, 15) is 4.79 Å². The van der Waals surface area contributed by atoms with Crippen molar-refractivity contribution in [3.63, 3.8) is 0 Å². The quantitative estimate of drug-likeness (QED) is 0.723. The molecule has 3 rings (SSSR count). The highest BCUT2D eigenvalue weighted by Gasteiger charge is 2.11. The maximum absolute atomic E-state index is 12.4. The lowest BCUT2D eigenvalue weighted by Crippen LogP contribution is -2.21. The van der Waals surface area contributed by atoms with Crippen LogP contribution < -0.4 is 5.56 Å². The van der Waals surface area contributed by atoms with Crippen molar-refractivity contribution >= 4 is 26.8 Å². The highest BCUT2D eigenvalue weighted by molar-refractivity contribution is 9.10. The molecular weight excluding hydrogens is 322 g/mol. The molecule has 5 nitrogen and oxygen atoms in total. The van der Waals surface area contributed by atoms with Crippen LogP contribution in [0.1, 0.15) is 17.0 Å². The van der Waals surface area contributed by atoms with Crippen molar-refractivity contribution in [2.45, 2.75) is 20.4 Å². The van der Waals surface area contributed by atoms with Crippen LogP contribution in [0, 0.1) is 13.8 Å². The van der Waals surface area contributed by atoms with Crippen molar-refractivity contribution in [3.8, 4) is 0 Å². The minimum absolute atomic E-state index is 0.0671. The third kappa shape index (κ3) is 2.16. The summed E-state index contributed by atoms with van der Waals surface area (Å²) in [7, 11) is 0. The van der Waals surface area contributed by atoms with E-state index >= 15 is 0 Å². The number of nitrogens with zero attached hydrogens (tertiary/aromatic N) is 3. The lowest BCUT2D eigenvalue weighted by atomic mass is 10.2. The fourth-order valence-corrected chi connectivity index (χ4v) is 2.49. The van der Waals surface area contributed by atoms with Crippen LogP contribution in [-0.4, -0.2) is 14.7 Å². The van der Waals surface area contributed by atoms with E-state index in [1.165, 1.54) is 0 Å². The van der Waals surface area contributed by atoms with Crippen molar-refractivity contribution in [1.82, 2.24) is 14.7 Å². The third-order valence-corrected chi connectivity index (χ3v) is 3.79. The van der Waals surface area contributed by atoms with Gasteiger partial charge in [0.25, 0.3) is 5.56 Å². The van der Waals surface area contributed by atoms with Gasteiger partial charge in [0.1, 0.15) is 5.76 Å². The molecule has 1 aromatic carbocycles. The first-order chi connectivity index (χ1) is 9.56. The summed E-state index contributed by atoms with van der Waals surface area (Å²) in [6.07, 6.45) is 1.56. The molecule has 0 N–H and O–H groups in total. The first-order valence-corrected chi connectivity index (χ1v) is 6.92. The molecule has 20 heavy (non-hydrogen) atoms. The van der Waals surface area contributed by atoms with Crippen molar-refractivity contribution < 1.29 is 4.52 Å². The first-order valence-electron chi connectivity index (χ1n) is 6.12. The monoisotopic (exact) mass is 333 g/mol. The van der Waals surface area contributed by atoms with E-state index in [2.05, 4.69) is 26.1 Å². The molecule has 0 saturated heterocycles. The molecule has 6 heteroatoms. The second kappa shape index (κ2) is 4.86. The number of rotatable bonds is 2. The fourth-order valence-electron chi connectivity index (χ4n) is 2.14.